The van der Waals surface area contributed by atoms with E-state index < -0.39 is 9.84 Å². The minimum absolute atomic E-state index is 0.343. The van der Waals surface area contributed by atoms with E-state index in [2.05, 4.69) is 29.8 Å². The van der Waals surface area contributed by atoms with E-state index in [0.29, 0.717) is 16.5 Å². The van der Waals surface area contributed by atoms with Gasteiger partial charge in [-0.25, -0.2) is 8.42 Å². The van der Waals surface area contributed by atoms with Gasteiger partial charge in [0.05, 0.1) is 0 Å². The second-order valence-corrected chi connectivity index (χ2v) is 9.30. The highest BCUT2D eigenvalue weighted by molar-refractivity contribution is 9.09. The lowest BCUT2D eigenvalue weighted by Gasteiger charge is -2.35. The summed E-state index contributed by atoms with van der Waals surface area (Å²) in [6, 6.07) is 0. The van der Waals surface area contributed by atoms with Crippen molar-refractivity contribution >= 4 is 25.8 Å². The van der Waals surface area contributed by atoms with Gasteiger partial charge in [0.15, 0.2) is 0 Å². The molecule has 1 fully saturated rings. The van der Waals surface area contributed by atoms with Crippen LogP contribution in [0.5, 0.6) is 0 Å². The molecule has 0 spiro atoms. The highest BCUT2D eigenvalue weighted by Gasteiger charge is 2.29. The van der Waals surface area contributed by atoms with Crippen LogP contribution in [-0.4, -0.2) is 25.3 Å². The van der Waals surface area contributed by atoms with Crippen LogP contribution in [0.15, 0.2) is 0 Å². The molecule has 0 amide bonds. The topological polar surface area (TPSA) is 34.1 Å². The van der Waals surface area contributed by atoms with Crippen LogP contribution < -0.4 is 0 Å². The fourth-order valence-corrected chi connectivity index (χ4v) is 4.21. The molecule has 0 bridgehead atoms. The van der Waals surface area contributed by atoms with Crippen molar-refractivity contribution in [1.29, 1.82) is 0 Å². The van der Waals surface area contributed by atoms with Crippen LogP contribution in [0.1, 0.15) is 46.0 Å². The van der Waals surface area contributed by atoms with Crippen molar-refractivity contribution in [3.63, 3.8) is 0 Å². The third-order valence-corrected chi connectivity index (χ3v) is 6.20. The molecule has 3 atom stereocenters. The third-order valence-electron chi connectivity index (χ3n) is 3.96. The van der Waals surface area contributed by atoms with Gasteiger partial charge in [-0.1, -0.05) is 29.8 Å². The summed E-state index contributed by atoms with van der Waals surface area (Å²) in [6.07, 6.45) is 7.01. The van der Waals surface area contributed by atoms with Crippen LogP contribution in [0.3, 0.4) is 0 Å². The van der Waals surface area contributed by atoms with E-state index in [4.69, 9.17) is 0 Å². The van der Waals surface area contributed by atoms with E-state index in [9.17, 15) is 8.42 Å². The van der Waals surface area contributed by atoms with Crippen molar-refractivity contribution in [3.05, 3.63) is 0 Å². The Kier molecular flexibility index (Phi) is 5.97. The van der Waals surface area contributed by atoms with E-state index in [0.717, 1.165) is 24.7 Å². The lowest BCUT2D eigenvalue weighted by atomic mass is 9.75. The number of rotatable bonds is 5. The molecule has 0 aliphatic heterocycles. The lowest BCUT2D eigenvalue weighted by Crippen LogP contribution is -2.28. The smallest absolute Gasteiger partial charge is 0.147 e. The molecular formula is C13H25BrO2S. The zero-order valence-corrected chi connectivity index (χ0v) is 13.6. The predicted molar refractivity (Wildman–Crippen MR) is 77.3 cm³/mol. The van der Waals surface area contributed by atoms with Crippen LogP contribution in [-0.2, 0) is 9.84 Å². The zero-order chi connectivity index (χ0) is 13.1. The molecule has 1 saturated carbocycles. The van der Waals surface area contributed by atoms with Crippen molar-refractivity contribution in [1.82, 2.24) is 0 Å². The van der Waals surface area contributed by atoms with E-state index in [1.54, 1.807) is 0 Å². The average Bonchev–Trinajstić information content (AvgIpc) is 2.18. The van der Waals surface area contributed by atoms with Gasteiger partial charge in [0.1, 0.15) is 9.84 Å². The quantitative estimate of drug-likeness (QED) is 0.723. The normalized spacial score (nSPS) is 30.8. The third kappa shape index (κ3) is 5.73. The van der Waals surface area contributed by atoms with Crippen LogP contribution >= 0.6 is 15.9 Å². The maximum absolute atomic E-state index is 11.1. The Morgan fingerprint density at radius 3 is 2.47 bits per heavy atom. The second kappa shape index (κ2) is 6.55. The summed E-state index contributed by atoms with van der Waals surface area (Å²) in [5.41, 5.74) is 0. The minimum Gasteiger partial charge on any atom is -0.229 e. The molecule has 0 aromatic carbocycles. The fourth-order valence-electron chi connectivity index (χ4n) is 2.78. The minimum atomic E-state index is -2.79. The highest BCUT2D eigenvalue weighted by atomic mass is 79.9. The van der Waals surface area contributed by atoms with Gasteiger partial charge in [0, 0.05) is 16.8 Å². The molecule has 0 aromatic heterocycles. The molecule has 1 rings (SSSR count). The molecule has 0 aromatic rings. The number of halogens is 1. The van der Waals surface area contributed by atoms with E-state index in [1.165, 1.54) is 25.5 Å². The SMILES string of the molecule is CC(C)C1CCC(Br)C(CCCS(C)(=O)=O)C1. The summed E-state index contributed by atoms with van der Waals surface area (Å²) in [5.74, 6) is 2.59. The second-order valence-electron chi connectivity index (χ2n) is 5.87. The Labute approximate surface area is 115 Å². The summed E-state index contributed by atoms with van der Waals surface area (Å²) >= 11 is 3.76. The molecule has 1 aliphatic carbocycles. The Morgan fingerprint density at radius 1 is 1.29 bits per heavy atom. The van der Waals surface area contributed by atoms with Crippen molar-refractivity contribution in [2.24, 2.45) is 17.8 Å². The Bertz CT molecular complexity index is 324. The molecule has 17 heavy (non-hydrogen) atoms. The standard InChI is InChI=1S/C13H25BrO2S/c1-10(2)11-6-7-13(14)12(9-11)5-4-8-17(3,15)16/h10-13H,4-9H2,1-3H3. The lowest BCUT2D eigenvalue weighted by molar-refractivity contribution is 0.215. The zero-order valence-electron chi connectivity index (χ0n) is 11.2. The highest BCUT2D eigenvalue weighted by Crippen LogP contribution is 2.39. The molecule has 2 nitrogen and oxygen atoms in total. The first-order valence-electron chi connectivity index (χ1n) is 6.61. The molecule has 0 saturated heterocycles. The first-order valence-corrected chi connectivity index (χ1v) is 9.59. The van der Waals surface area contributed by atoms with Gasteiger partial charge in [-0.3, -0.25) is 0 Å². The van der Waals surface area contributed by atoms with E-state index >= 15 is 0 Å². The molecule has 3 unspecified atom stereocenters. The maximum atomic E-state index is 11.1. The van der Waals surface area contributed by atoms with Crippen LogP contribution in [0.25, 0.3) is 0 Å². The van der Waals surface area contributed by atoms with Crippen LogP contribution in [0.2, 0.25) is 0 Å². The number of sulfone groups is 1. The van der Waals surface area contributed by atoms with Crippen LogP contribution in [0, 0.1) is 17.8 Å². The number of hydrogen-bond acceptors (Lipinski definition) is 2. The first-order chi connectivity index (χ1) is 7.79. The summed E-state index contributed by atoms with van der Waals surface area (Å²) in [4.78, 5) is 0.595. The van der Waals surface area contributed by atoms with E-state index in [1.807, 2.05) is 0 Å². The first kappa shape index (κ1) is 15.5. The van der Waals surface area contributed by atoms with Crippen LogP contribution in [0.4, 0.5) is 0 Å². The summed E-state index contributed by atoms with van der Waals surface area (Å²) in [5, 5.41) is 0. The number of alkyl halides is 1. The summed E-state index contributed by atoms with van der Waals surface area (Å²) in [6.45, 7) is 4.60. The Balaban J connectivity index is 2.40. The summed E-state index contributed by atoms with van der Waals surface area (Å²) in [7, 11) is -2.79. The van der Waals surface area contributed by atoms with Gasteiger partial charge in [-0.2, -0.15) is 0 Å². The molecule has 0 radical (unpaired) electrons. The average molecular weight is 325 g/mol. The maximum Gasteiger partial charge on any atom is 0.147 e. The number of hydrogen-bond donors (Lipinski definition) is 0. The monoisotopic (exact) mass is 324 g/mol. The largest absolute Gasteiger partial charge is 0.229 e. The van der Waals surface area contributed by atoms with Gasteiger partial charge >= 0.3 is 0 Å². The molecule has 102 valence electrons. The molecule has 0 heterocycles. The molecule has 4 heteroatoms. The Hall–Kier alpha value is 0.430. The van der Waals surface area contributed by atoms with Gasteiger partial charge in [-0.05, 0) is 49.9 Å². The van der Waals surface area contributed by atoms with E-state index in [-0.39, 0.29) is 0 Å². The van der Waals surface area contributed by atoms with Gasteiger partial charge < -0.3 is 0 Å². The molecule has 1 aliphatic rings. The predicted octanol–water partition coefficient (Wildman–Crippen LogP) is 3.65. The van der Waals surface area contributed by atoms with Crippen molar-refractivity contribution in [3.8, 4) is 0 Å². The molecule has 0 N–H and O–H groups in total. The van der Waals surface area contributed by atoms with Crippen molar-refractivity contribution < 1.29 is 8.42 Å². The van der Waals surface area contributed by atoms with Crippen molar-refractivity contribution in [2.75, 3.05) is 12.0 Å². The fraction of sp³-hybridized carbons (Fsp3) is 1.00. The summed E-state index contributed by atoms with van der Waals surface area (Å²) < 4.78 is 22.2. The van der Waals surface area contributed by atoms with Gasteiger partial charge in [0.2, 0.25) is 0 Å². The van der Waals surface area contributed by atoms with Gasteiger partial charge in [-0.15, -0.1) is 0 Å². The van der Waals surface area contributed by atoms with Crippen molar-refractivity contribution in [2.45, 2.75) is 50.8 Å². The molecular weight excluding hydrogens is 300 g/mol. The van der Waals surface area contributed by atoms with Gasteiger partial charge in [0.25, 0.3) is 0 Å². The Morgan fingerprint density at radius 2 is 1.94 bits per heavy atom.